The normalized spacial score (nSPS) is 16.4. The van der Waals surface area contributed by atoms with Gasteiger partial charge in [-0.25, -0.2) is 0 Å². The van der Waals surface area contributed by atoms with Crippen LogP contribution in [0, 0.1) is 0 Å². The molecule has 140 valence electrons. The molecule has 1 aliphatic carbocycles. The molecule has 0 aliphatic heterocycles. The van der Waals surface area contributed by atoms with Crippen molar-refractivity contribution in [3.63, 3.8) is 0 Å². The predicted molar refractivity (Wildman–Crippen MR) is 97.1 cm³/mol. The summed E-state index contributed by atoms with van der Waals surface area (Å²) in [6.07, 6.45) is 6.03. The number of likely N-dealkylation sites (N-methyl/N-ethyl adjacent to an activating group) is 1. The van der Waals surface area contributed by atoms with Crippen molar-refractivity contribution < 1.29 is 23.9 Å². The molecule has 6 nitrogen and oxygen atoms in total. The summed E-state index contributed by atoms with van der Waals surface area (Å²) in [6, 6.07) is 3.37. The molecule has 0 bridgehead atoms. The number of methoxy groups -OCH3 is 3. The third-order valence-electron chi connectivity index (χ3n) is 5.39. The number of amides is 1. The maximum Gasteiger partial charge on any atom is 0.251 e. The molecule has 0 atom stereocenters. The predicted octanol–water partition coefficient (Wildman–Crippen LogP) is 1.29. The van der Waals surface area contributed by atoms with Crippen molar-refractivity contribution in [2.24, 2.45) is 0 Å². The van der Waals surface area contributed by atoms with Crippen LogP contribution in [0.2, 0.25) is 0 Å². The van der Waals surface area contributed by atoms with Crippen molar-refractivity contribution in [3.8, 4) is 17.2 Å². The van der Waals surface area contributed by atoms with Crippen LogP contribution in [0.25, 0.3) is 0 Å². The standard InChI is InChI=1S/C19H30N2O4/c1-21(2)19(9-7-6-8-10-19)13-20-18(22)14-11-15(23-3)17(25-5)16(12-14)24-4/h11-12H,6-10,13H2,1-5H3,(H,20,22)/p+1. The van der Waals surface area contributed by atoms with E-state index in [0.29, 0.717) is 29.4 Å². The summed E-state index contributed by atoms with van der Waals surface area (Å²) in [5.41, 5.74) is 0.628. The molecule has 6 heteroatoms. The van der Waals surface area contributed by atoms with E-state index in [9.17, 15) is 4.79 Å². The second-order valence-electron chi connectivity index (χ2n) is 6.94. The van der Waals surface area contributed by atoms with Gasteiger partial charge >= 0.3 is 0 Å². The number of carbonyl (C=O) groups excluding carboxylic acids is 1. The molecule has 0 unspecified atom stereocenters. The van der Waals surface area contributed by atoms with E-state index in [2.05, 4.69) is 19.4 Å². The number of quaternary nitrogens is 1. The molecule has 1 saturated carbocycles. The van der Waals surface area contributed by atoms with Crippen LogP contribution in [0.1, 0.15) is 42.5 Å². The van der Waals surface area contributed by atoms with Crippen molar-refractivity contribution in [1.29, 1.82) is 0 Å². The highest BCUT2D eigenvalue weighted by Gasteiger charge is 2.38. The van der Waals surface area contributed by atoms with Gasteiger partial charge in [0, 0.05) is 18.4 Å². The Morgan fingerprint density at radius 1 is 1.04 bits per heavy atom. The van der Waals surface area contributed by atoms with Gasteiger partial charge < -0.3 is 24.4 Å². The van der Waals surface area contributed by atoms with Gasteiger partial charge in [0.05, 0.1) is 42.0 Å². The third-order valence-corrected chi connectivity index (χ3v) is 5.39. The van der Waals surface area contributed by atoms with E-state index in [1.165, 1.54) is 24.2 Å². The first-order chi connectivity index (χ1) is 12.0. The van der Waals surface area contributed by atoms with Crippen LogP contribution in [-0.4, -0.2) is 53.4 Å². The molecule has 0 heterocycles. The minimum atomic E-state index is -0.120. The first-order valence-electron chi connectivity index (χ1n) is 8.86. The van der Waals surface area contributed by atoms with Crippen LogP contribution in [0.4, 0.5) is 0 Å². The molecule has 1 aromatic rings. The highest BCUT2D eigenvalue weighted by atomic mass is 16.5. The summed E-state index contributed by atoms with van der Waals surface area (Å²) in [6.45, 7) is 0.671. The Bertz CT molecular complexity index is 570. The van der Waals surface area contributed by atoms with E-state index in [1.54, 1.807) is 33.5 Å². The monoisotopic (exact) mass is 351 g/mol. The van der Waals surface area contributed by atoms with Crippen LogP contribution < -0.4 is 24.4 Å². The summed E-state index contributed by atoms with van der Waals surface area (Å²) >= 11 is 0. The van der Waals surface area contributed by atoms with Crippen LogP contribution >= 0.6 is 0 Å². The lowest BCUT2D eigenvalue weighted by atomic mass is 9.80. The molecular formula is C19H31N2O4+. The van der Waals surface area contributed by atoms with Gasteiger partial charge in [0.1, 0.15) is 5.54 Å². The smallest absolute Gasteiger partial charge is 0.251 e. The Balaban J connectivity index is 2.17. The maximum atomic E-state index is 12.7. The molecule has 1 aliphatic rings. The zero-order chi connectivity index (χ0) is 18.4. The molecular weight excluding hydrogens is 320 g/mol. The van der Waals surface area contributed by atoms with Crippen LogP contribution in [-0.2, 0) is 0 Å². The molecule has 2 rings (SSSR count). The number of ether oxygens (including phenoxy) is 3. The number of hydrogen-bond acceptors (Lipinski definition) is 4. The Labute approximate surface area is 150 Å². The lowest BCUT2D eigenvalue weighted by Crippen LogP contribution is -3.16. The molecule has 0 spiro atoms. The largest absolute Gasteiger partial charge is 0.493 e. The lowest BCUT2D eigenvalue weighted by Gasteiger charge is -2.39. The summed E-state index contributed by atoms with van der Waals surface area (Å²) in [5.74, 6) is 1.34. The molecule has 0 radical (unpaired) electrons. The van der Waals surface area contributed by atoms with E-state index in [0.717, 1.165) is 12.8 Å². The Kier molecular flexibility index (Phi) is 6.53. The van der Waals surface area contributed by atoms with Crippen molar-refractivity contribution in [2.75, 3.05) is 42.0 Å². The van der Waals surface area contributed by atoms with Gasteiger partial charge in [0.15, 0.2) is 11.5 Å². The molecule has 2 N–H and O–H groups in total. The molecule has 0 aromatic heterocycles. The number of nitrogens with one attached hydrogen (secondary N) is 2. The average Bonchev–Trinajstić information content (AvgIpc) is 2.65. The topological polar surface area (TPSA) is 61.2 Å². The zero-order valence-electron chi connectivity index (χ0n) is 16.0. The number of rotatable bonds is 7. The molecule has 1 fully saturated rings. The van der Waals surface area contributed by atoms with Gasteiger partial charge in [0.25, 0.3) is 5.91 Å². The Morgan fingerprint density at radius 2 is 1.60 bits per heavy atom. The summed E-state index contributed by atoms with van der Waals surface area (Å²) in [4.78, 5) is 14.1. The second-order valence-corrected chi connectivity index (χ2v) is 6.94. The van der Waals surface area contributed by atoms with Gasteiger partial charge in [-0.15, -0.1) is 0 Å². The van der Waals surface area contributed by atoms with Gasteiger partial charge in [-0.3, -0.25) is 4.79 Å². The van der Waals surface area contributed by atoms with Gasteiger partial charge in [0.2, 0.25) is 5.75 Å². The summed E-state index contributed by atoms with van der Waals surface area (Å²) < 4.78 is 16.0. The Hall–Kier alpha value is -1.95. The first kappa shape index (κ1) is 19.4. The van der Waals surface area contributed by atoms with Gasteiger partial charge in [-0.05, 0) is 25.0 Å². The zero-order valence-corrected chi connectivity index (χ0v) is 16.0. The van der Waals surface area contributed by atoms with E-state index in [1.807, 2.05) is 0 Å². The van der Waals surface area contributed by atoms with Crippen LogP contribution in [0.5, 0.6) is 17.2 Å². The highest BCUT2D eigenvalue weighted by Crippen LogP contribution is 2.38. The third kappa shape index (κ3) is 4.18. The summed E-state index contributed by atoms with van der Waals surface area (Å²) in [5, 5.41) is 3.12. The summed E-state index contributed by atoms with van der Waals surface area (Å²) in [7, 11) is 9.00. The van der Waals surface area contributed by atoms with Crippen molar-refractivity contribution in [1.82, 2.24) is 5.32 Å². The fraction of sp³-hybridized carbons (Fsp3) is 0.632. The van der Waals surface area contributed by atoms with E-state index in [4.69, 9.17) is 14.2 Å². The van der Waals surface area contributed by atoms with E-state index in [-0.39, 0.29) is 11.4 Å². The molecule has 0 saturated heterocycles. The lowest BCUT2D eigenvalue weighted by molar-refractivity contribution is -0.916. The second kappa shape index (κ2) is 8.43. The van der Waals surface area contributed by atoms with E-state index >= 15 is 0 Å². The first-order valence-corrected chi connectivity index (χ1v) is 8.86. The van der Waals surface area contributed by atoms with Crippen LogP contribution in [0.3, 0.4) is 0 Å². The minimum absolute atomic E-state index is 0.120. The molecule has 1 amide bonds. The van der Waals surface area contributed by atoms with Crippen molar-refractivity contribution in [2.45, 2.75) is 37.6 Å². The quantitative estimate of drug-likeness (QED) is 0.777. The minimum Gasteiger partial charge on any atom is -0.493 e. The average molecular weight is 351 g/mol. The fourth-order valence-electron chi connectivity index (χ4n) is 3.65. The highest BCUT2D eigenvalue weighted by molar-refractivity contribution is 5.95. The van der Waals surface area contributed by atoms with Gasteiger partial charge in [-0.2, -0.15) is 0 Å². The van der Waals surface area contributed by atoms with E-state index < -0.39 is 0 Å². The SMILES string of the molecule is COc1cc(C(=O)NCC2([NH+](C)C)CCCCC2)cc(OC)c1OC. The number of benzene rings is 1. The molecule has 25 heavy (non-hydrogen) atoms. The molecule has 1 aromatic carbocycles. The number of hydrogen-bond donors (Lipinski definition) is 2. The van der Waals surface area contributed by atoms with Crippen molar-refractivity contribution in [3.05, 3.63) is 17.7 Å². The number of carbonyl (C=O) groups is 1. The van der Waals surface area contributed by atoms with Crippen LogP contribution in [0.15, 0.2) is 12.1 Å². The maximum absolute atomic E-state index is 12.7. The van der Waals surface area contributed by atoms with Gasteiger partial charge in [-0.1, -0.05) is 6.42 Å². The fourth-order valence-corrected chi connectivity index (χ4v) is 3.65. The van der Waals surface area contributed by atoms with Crippen molar-refractivity contribution >= 4 is 5.91 Å². The Morgan fingerprint density at radius 3 is 2.04 bits per heavy atom.